The highest BCUT2D eigenvalue weighted by Gasteiger charge is 2.41. The van der Waals surface area contributed by atoms with Gasteiger partial charge in [0, 0.05) is 39.8 Å². The maximum Gasteiger partial charge on any atom is 0.162 e. The van der Waals surface area contributed by atoms with E-state index in [9.17, 15) is 4.79 Å². The largest absolute Gasteiger partial charge is 0.358 e. The SMILES string of the molecule is CC1(C)CC(=O)C2=C(C1)Nc1ccc3ncncc3c1C2c1ccc(Cl)s1. The van der Waals surface area contributed by atoms with Crippen molar-refractivity contribution in [3.8, 4) is 0 Å². The van der Waals surface area contributed by atoms with Gasteiger partial charge < -0.3 is 5.32 Å². The molecule has 1 aliphatic heterocycles. The number of hydrogen-bond donors (Lipinski definition) is 1. The van der Waals surface area contributed by atoms with E-state index in [4.69, 9.17) is 11.6 Å². The first-order valence-corrected chi connectivity index (χ1v) is 10.1. The highest BCUT2D eigenvalue weighted by Crippen LogP contribution is 2.51. The van der Waals surface area contributed by atoms with Gasteiger partial charge in [-0.3, -0.25) is 4.79 Å². The van der Waals surface area contributed by atoms with Crippen LogP contribution in [0.3, 0.4) is 0 Å². The second-order valence-corrected chi connectivity index (χ2v) is 9.76. The zero-order chi connectivity index (χ0) is 18.8. The summed E-state index contributed by atoms with van der Waals surface area (Å²) in [4.78, 5) is 23.0. The van der Waals surface area contributed by atoms with Gasteiger partial charge in [0.2, 0.25) is 0 Å². The fourth-order valence-electron chi connectivity index (χ4n) is 4.35. The van der Waals surface area contributed by atoms with Crippen LogP contribution in [-0.4, -0.2) is 15.8 Å². The molecule has 0 spiro atoms. The van der Waals surface area contributed by atoms with E-state index in [0.29, 0.717) is 6.42 Å². The van der Waals surface area contributed by atoms with Gasteiger partial charge in [-0.05, 0) is 41.7 Å². The van der Waals surface area contributed by atoms with Gasteiger partial charge in [-0.25, -0.2) is 9.97 Å². The Morgan fingerprint density at radius 1 is 1.22 bits per heavy atom. The molecule has 136 valence electrons. The Morgan fingerprint density at radius 2 is 2.07 bits per heavy atom. The summed E-state index contributed by atoms with van der Waals surface area (Å²) in [6.45, 7) is 4.30. The molecular weight excluding hydrogens is 378 g/mol. The Bertz CT molecular complexity index is 1130. The summed E-state index contributed by atoms with van der Waals surface area (Å²) >= 11 is 7.79. The lowest BCUT2D eigenvalue weighted by atomic mass is 9.69. The molecule has 0 bridgehead atoms. The zero-order valence-corrected chi connectivity index (χ0v) is 16.6. The molecule has 5 rings (SSSR count). The van der Waals surface area contributed by atoms with Crippen molar-refractivity contribution in [2.24, 2.45) is 5.41 Å². The van der Waals surface area contributed by atoms with Gasteiger partial charge in [-0.15, -0.1) is 11.3 Å². The highest BCUT2D eigenvalue weighted by atomic mass is 35.5. The lowest BCUT2D eigenvalue weighted by Crippen LogP contribution is -2.33. The number of Topliss-reactive ketones (excluding diaryl/α,β-unsaturated/α-hetero) is 1. The molecule has 0 radical (unpaired) electrons. The van der Waals surface area contributed by atoms with Crippen LogP contribution in [-0.2, 0) is 4.79 Å². The van der Waals surface area contributed by atoms with E-state index < -0.39 is 0 Å². The maximum absolute atomic E-state index is 13.2. The van der Waals surface area contributed by atoms with E-state index >= 15 is 0 Å². The molecule has 0 fully saturated rings. The van der Waals surface area contributed by atoms with Crippen LogP contribution in [0, 0.1) is 5.41 Å². The number of carbonyl (C=O) groups excluding carboxylic acids is 1. The standard InChI is InChI=1S/C21H18ClN3OS/c1-21(2)7-14-19(15(26)8-21)20(16-5-6-17(22)27-16)18-11-9-23-10-24-12(11)3-4-13(18)25-14/h3-6,9-10,20,25H,7-8H2,1-2H3. The van der Waals surface area contributed by atoms with Crippen LogP contribution in [0.25, 0.3) is 10.9 Å². The van der Waals surface area contributed by atoms with Crippen molar-refractivity contribution >= 4 is 45.3 Å². The molecule has 0 saturated heterocycles. The van der Waals surface area contributed by atoms with Crippen LogP contribution >= 0.6 is 22.9 Å². The number of halogens is 1. The number of rotatable bonds is 1. The predicted molar refractivity (Wildman–Crippen MR) is 109 cm³/mol. The monoisotopic (exact) mass is 395 g/mol. The number of fused-ring (bicyclic) bond motifs is 3. The smallest absolute Gasteiger partial charge is 0.162 e. The van der Waals surface area contributed by atoms with Crippen molar-refractivity contribution in [1.82, 2.24) is 9.97 Å². The van der Waals surface area contributed by atoms with Crippen LogP contribution < -0.4 is 5.32 Å². The third kappa shape index (κ3) is 2.68. The van der Waals surface area contributed by atoms with Crippen molar-refractivity contribution in [2.45, 2.75) is 32.6 Å². The summed E-state index contributed by atoms with van der Waals surface area (Å²) in [6, 6.07) is 8.00. The third-order valence-electron chi connectivity index (χ3n) is 5.39. The topological polar surface area (TPSA) is 54.9 Å². The molecule has 2 aromatic heterocycles. The Kier molecular flexibility index (Phi) is 3.68. The van der Waals surface area contributed by atoms with Crippen LogP contribution in [0.1, 0.15) is 43.0 Å². The molecule has 3 aromatic rings. The molecule has 3 heterocycles. The average Bonchev–Trinajstić information content (AvgIpc) is 3.04. The van der Waals surface area contributed by atoms with Gasteiger partial charge in [0.1, 0.15) is 6.33 Å². The summed E-state index contributed by atoms with van der Waals surface area (Å²) in [5, 5.41) is 4.53. The Balaban J connectivity index is 1.82. The lowest BCUT2D eigenvalue weighted by molar-refractivity contribution is -0.118. The predicted octanol–water partition coefficient (Wildman–Crippen LogP) is 5.55. The summed E-state index contributed by atoms with van der Waals surface area (Å²) in [6.07, 6.45) is 4.81. The van der Waals surface area contributed by atoms with Gasteiger partial charge >= 0.3 is 0 Å². The number of allylic oxidation sites excluding steroid dienone is 2. The summed E-state index contributed by atoms with van der Waals surface area (Å²) in [5.41, 5.74) is 4.84. The molecule has 1 aromatic carbocycles. The van der Waals surface area contributed by atoms with E-state index in [2.05, 4.69) is 35.2 Å². The first-order chi connectivity index (χ1) is 12.9. The van der Waals surface area contributed by atoms with E-state index in [1.54, 1.807) is 6.33 Å². The van der Waals surface area contributed by atoms with Gasteiger partial charge in [-0.1, -0.05) is 25.4 Å². The van der Waals surface area contributed by atoms with E-state index in [1.807, 2.05) is 24.4 Å². The average molecular weight is 396 g/mol. The summed E-state index contributed by atoms with van der Waals surface area (Å²) in [5.74, 6) is 0.0785. The number of thiophene rings is 1. The maximum atomic E-state index is 13.2. The minimum atomic E-state index is -0.132. The van der Waals surface area contributed by atoms with Crippen LogP contribution in [0.2, 0.25) is 4.34 Å². The third-order valence-corrected chi connectivity index (χ3v) is 6.69. The molecule has 1 N–H and O–H groups in total. The Labute approximate surface area is 166 Å². The minimum absolute atomic E-state index is 0.0436. The Hall–Kier alpha value is -2.24. The fourth-order valence-corrected chi connectivity index (χ4v) is 5.53. The number of anilines is 1. The Morgan fingerprint density at radius 3 is 2.85 bits per heavy atom. The molecule has 2 aliphatic rings. The highest BCUT2D eigenvalue weighted by molar-refractivity contribution is 7.16. The lowest BCUT2D eigenvalue weighted by Gasteiger charge is -2.39. The van der Waals surface area contributed by atoms with Gasteiger partial charge in [-0.2, -0.15) is 0 Å². The van der Waals surface area contributed by atoms with Crippen molar-refractivity contribution in [2.75, 3.05) is 5.32 Å². The molecule has 4 nitrogen and oxygen atoms in total. The molecule has 1 unspecified atom stereocenters. The first kappa shape index (κ1) is 16.9. The van der Waals surface area contributed by atoms with Crippen molar-refractivity contribution in [3.63, 3.8) is 0 Å². The molecule has 0 saturated carbocycles. The number of nitrogens with one attached hydrogen (secondary N) is 1. The number of nitrogens with zero attached hydrogens (tertiary/aromatic N) is 2. The second-order valence-electron chi connectivity index (χ2n) is 8.02. The van der Waals surface area contributed by atoms with Gasteiger partial charge in [0.25, 0.3) is 0 Å². The molecular formula is C21H18ClN3OS. The summed E-state index contributed by atoms with van der Waals surface area (Å²) < 4.78 is 0.729. The second kappa shape index (κ2) is 5.88. The minimum Gasteiger partial charge on any atom is -0.358 e. The zero-order valence-electron chi connectivity index (χ0n) is 15.0. The number of hydrogen-bond acceptors (Lipinski definition) is 5. The fraction of sp³-hybridized carbons (Fsp3) is 0.286. The normalized spacial score (nSPS) is 21.0. The van der Waals surface area contributed by atoms with Gasteiger partial charge in [0.05, 0.1) is 15.8 Å². The molecule has 1 aliphatic carbocycles. The molecule has 0 amide bonds. The molecule has 1 atom stereocenters. The van der Waals surface area contributed by atoms with E-state index in [1.165, 1.54) is 11.3 Å². The number of carbonyl (C=O) groups is 1. The van der Waals surface area contributed by atoms with E-state index in [-0.39, 0.29) is 17.1 Å². The van der Waals surface area contributed by atoms with Crippen LogP contribution in [0.15, 0.2) is 48.1 Å². The molecule has 27 heavy (non-hydrogen) atoms. The molecule has 6 heteroatoms. The number of ketones is 1. The van der Waals surface area contributed by atoms with Crippen molar-refractivity contribution in [3.05, 3.63) is 62.8 Å². The van der Waals surface area contributed by atoms with Crippen molar-refractivity contribution in [1.29, 1.82) is 0 Å². The first-order valence-electron chi connectivity index (χ1n) is 8.94. The van der Waals surface area contributed by atoms with Crippen molar-refractivity contribution < 1.29 is 4.79 Å². The van der Waals surface area contributed by atoms with Crippen LogP contribution in [0.5, 0.6) is 0 Å². The van der Waals surface area contributed by atoms with Gasteiger partial charge in [0.15, 0.2) is 5.78 Å². The quantitative estimate of drug-likeness (QED) is 0.587. The summed E-state index contributed by atoms with van der Waals surface area (Å²) in [7, 11) is 0. The number of aromatic nitrogens is 2. The number of benzene rings is 1. The van der Waals surface area contributed by atoms with E-state index in [0.717, 1.165) is 49.1 Å². The van der Waals surface area contributed by atoms with Crippen LogP contribution in [0.4, 0.5) is 5.69 Å².